The first-order chi connectivity index (χ1) is 5.79. The Kier molecular flexibility index (Phi) is 3.85. The SMILES string of the molecule is O=C(O)C=CC1CCCCCC1. The summed E-state index contributed by atoms with van der Waals surface area (Å²) in [4.78, 5) is 10.2. The quantitative estimate of drug-likeness (QED) is 0.508. The molecule has 0 amide bonds. The van der Waals surface area contributed by atoms with Crippen molar-refractivity contribution in [2.75, 3.05) is 0 Å². The Morgan fingerprint density at radius 2 is 1.75 bits per heavy atom. The number of rotatable bonds is 2. The Balaban J connectivity index is 2.34. The first-order valence-electron chi connectivity index (χ1n) is 4.70. The summed E-state index contributed by atoms with van der Waals surface area (Å²) in [6, 6.07) is 0. The lowest BCUT2D eigenvalue weighted by Crippen LogP contribution is -1.95. The number of carboxylic acids is 1. The first-order valence-corrected chi connectivity index (χ1v) is 4.70. The molecule has 68 valence electrons. The van der Waals surface area contributed by atoms with E-state index < -0.39 is 5.97 Å². The van der Waals surface area contributed by atoms with Gasteiger partial charge in [-0.05, 0) is 18.8 Å². The molecule has 1 rings (SSSR count). The first kappa shape index (κ1) is 9.30. The van der Waals surface area contributed by atoms with Gasteiger partial charge in [-0.15, -0.1) is 0 Å². The minimum Gasteiger partial charge on any atom is -0.478 e. The largest absolute Gasteiger partial charge is 0.478 e. The fourth-order valence-corrected chi connectivity index (χ4v) is 1.72. The van der Waals surface area contributed by atoms with Gasteiger partial charge in [0.05, 0.1) is 0 Å². The highest BCUT2D eigenvalue weighted by Gasteiger charge is 2.08. The Morgan fingerprint density at radius 3 is 2.25 bits per heavy atom. The van der Waals surface area contributed by atoms with Crippen molar-refractivity contribution >= 4 is 5.97 Å². The predicted octanol–water partition coefficient (Wildman–Crippen LogP) is 2.60. The van der Waals surface area contributed by atoms with Crippen molar-refractivity contribution in [1.29, 1.82) is 0 Å². The van der Waals surface area contributed by atoms with Crippen LogP contribution in [0, 0.1) is 5.92 Å². The molecule has 0 aliphatic heterocycles. The second-order valence-electron chi connectivity index (χ2n) is 3.45. The van der Waals surface area contributed by atoms with Crippen molar-refractivity contribution in [3.63, 3.8) is 0 Å². The Morgan fingerprint density at radius 1 is 1.17 bits per heavy atom. The lowest BCUT2D eigenvalue weighted by atomic mass is 10.0. The van der Waals surface area contributed by atoms with Gasteiger partial charge in [0.1, 0.15) is 0 Å². The molecular weight excluding hydrogens is 152 g/mol. The second kappa shape index (κ2) is 4.96. The van der Waals surface area contributed by atoms with Crippen LogP contribution in [0.2, 0.25) is 0 Å². The Labute approximate surface area is 73.3 Å². The van der Waals surface area contributed by atoms with Crippen LogP contribution in [0.4, 0.5) is 0 Å². The van der Waals surface area contributed by atoms with Gasteiger partial charge in [-0.2, -0.15) is 0 Å². The molecule has 12 heavy (non-hydrogen) atoms. The van der Waals surface area contributed by atoms with Gasteiger partial charge in [-0.1, -0.05) is 31.8 Å². The average Bonchev–Trinajstić information content (AvgIpc) is 2.28. The second-order valence-corrected chi connectivity index (χ2v) is 3.45. The number of hydrogen-bond donors (Lipinski definition) is 1. The van der Waals surface area contributed by atoms with Gasteiger partial charge >= 0.3 is 5.97 Å². The van der Waals surface area contributed by atoms with Crippen molar-refractivity contribution in [2.24, 2.45) is 5.92 Å². The van der Waals surface area contributed by atoms with Crippen LogP contribution >= 0.6 is 0 Å². The smallest absolute Gasteiger partial charge is 0.327 e. The van der Waals surface area contributed by atoms with Crippen LogP contribution in [0.15, 0.2) is 12.2 Å². The summed E-state index contributed by atoms with van der Waals surface area (Å²) in [6.45, 7) is 0. The third kappa shape index (κ3) is 3.56. The van der Waals surface area contributed by atoms with E-state index in [4.69, 9.17) is 5.11 Å². The van der Waals surface area contributed by atoms with Gasteiger partial charge < -0.3 is 5.11 Å². The zero-order valence-corrected chi connectivity index (χ0v) is 7.33. The van der Waals surface area contributed by atoms with E-state index in [0.717, 1.165) is 0 Å². The maximum Gasteiger partial charge on any atom is 0.327 e. The fourth-order valence-electron chi connectivity index (χ4n) is 1.72. The monoisotopic (exact) mass is 168 g/mol. The van der Waals surface area contributed by atoms with Gasteiger partial charge in [0, 0.05) is 6.08 Å². The van der Waals surface area contributed by atoms with E-state index in [9.17, 15) is 4.79 Å². The summed E-state index contributed by atoms with van der Waals surface area (Å²) in [6.07, 6.45) is 10.6. The predicted molar refractivity (Wildman–Crippen MR) is 48.0 cm³/mol. The van der Waals surface area contributed by atoms with E-state index in [1.807, 2.05) is 6.08 Å². The molecule has 0 aromatic carbocycles. The van der Waals surface area contributed by atoms with Crippen molar-refractivity contribution in [2.45, 2.75) is 38.5 Å². The number of carbonyl (C=O) groups is 1. The van der Waals surface area contributed by atoms with Gasteiger partial charge in [-0.3, -0.25) is 0 Å². The number of allylic oxidation sites excluding steroid dienone is 1. The molecule has 0 saturated heterocycles. The van der Waals surface area contributed by atoms with Crippen molar-refractivity contribution in [1.82, 2.24) is 0 Å². The minimum absolute atomic E-state index is 0.517. The highest BCUT2D eigenvalue weighted by atomic mass is 16.4. The van der Waals surface area contributed by atoms with Gasteiger partial charge in [0.25, 0.3) is 0 Å². The summed E-state index contributed by atoms with van der Waals surface area (Å²) in [5, 5.41) is 8.43. The van der Waals surface area contributed by atoms with Gasteiger partial charge in [-0.25, -0.2) is 4.79 Å². The molecule has 2 heteroatoms. The van der Waals surface area contributed by atoms with Crippen LogP contribution in [0.1, 0.15) is 38.5 Å². The summed E-state index contributed by atoms with van der Waals surface area (Å²) >= 11 is 0. The van der Waals surface area contributed by atoms with E-state index in [-0.39, 0.29) is 0 Å². The lowest BCUT2D eigenvalue weighted by molar-refractivity contribution is -0.131. The van der Waals surface area contributed by atoms with E-state index >= 15 is 0 Å². The van der Waals surface area contributed by atoms with Crippen LogP contribution in [0.5, 0.6) is 0 Å². The van der Waals surface area contributed by atoms with Crippen LogP contribution in [0.3, 0.4) is 0 Å². The molecule has 1 N–H and O–H groups in total. The number of carboxylic acid groups (broad SMARTS) is 1. The molecule has 1 fully saturated rings. The van der Waals surface area contributed by atoms with Crippen molar-refractivity contribution in [3.05, 3.63) is 12.2 Å². The summed E-state index contributed by atoms with van der Waals surface area (Å²) in [5.41, 5.74) is 0. The topological polar surface area (TPSA) is 37.3 Å². The van der Waals surface area contributed by atoms with Crippen LogP contribution in [-0.4, -0.2) is 11.1 Å². The van der Waals surface area contributed by atoms with E-state index in [1.165, 1.54) is 44.6 Å². The fraction of sp³-hybridized carbons (Fsp3) is 0.700. The van der Waals surface area contributed by atoms with E-state index in [2.05, 4.69) is 0 Å². The molecule has 1 aliphatic rings. The molecule has 2 nitrogen and oxygen atoms in total. The zero-order chi connectivity index (χ0) is 8.81. The molecule has 0 radical (unpaired) electrons. The van der Waals surface area contributed by atoms with Crippen LogP contribution in [0.25, 0.3) is 0 Å². The van der Waals surface area contributed by atoms with Crippen LogP contribution < -0.4 is 0 Å². The molecule has 0 heterocycles. The summed E-state index contributed by atoms with van der Waals surface area (Å²) in [7, 11) is 0. The van der Waals surface area contributed by atoms with Gasteiger partial charge in [0.15, 0.2) is 0 Å². The van der Waals surface area contributed by atoms with E-state index in [1.54, 1.807) is 0 Å². The molecular formula is C10H16O2. The standard InChI is InChI=1S/C10H16O2/c11-10(12)8-7-9-5-3-1-2-4-6-9/h7-9H,1-6H2,(H,11,12). The molecule has 1 saturated carbocycles. The molecule has 0 aromatic rings. The normalized spacial score (nSPS) is 21.0. The minimum atomic E-state index is -0.820. The summed E-state index contributed by atoms with van der Waals surface area (Å²) in [5.74, 6) is -0.303. The molecule has 0 aromatic heterocycles. The number of hydrogen-bond acceptors (Lipinski definition) is 1. The Hall–Kier alpha value is -0.790. The molecule has 0 atom stereocenters. The average molecular weight is 168 g/mol. The molecule has 0 spiro atoms. The third-order valence-electron chi connectivity index (χ3n) is 2.41. The highest BCUT2D eigenvalue weighted by molar-refractivity contribution is 5.79. The maximum atomic E-state index is 10.2. The summed E-state index contributed by atoms with van der Waals surface area (Å²) < 4.78 is 0. The molecule has 1 aliphatic carbocycles. The third-order valence-corrected chi connectivity index (χ3v) is 2.41. The lowest BCUT2D eigenvalue weighted by Gasteiger charge is -2.06. The number of aliphatic carboxylic acids is 1. The van der Waals surface area contributed by atoms with Gasteiger partial charge in [0.2, 0.25) is 0 Å². The van der Waals surface area contributed by atoms with Crippen LogP contribution in [-0.2, 0) is 4.79 Å². The maximum absolute atomic E-state index is 10.2. The molecule has 0 unspecified atom stereocenters. The zero-order valence-electron chi connectivity index (χ0n) is 7.33. The van der Waals surface area contributed by atoms with Crippen molar-refractivity contribution < 1.29 is 9.90 Å². The Bertz CT molecular complexity index is 165. The highest BCUT2D eigenvalue weighted by Crippen LogP contribution is 2.23. The van der Waals surface area contributed by atoms with Crippen molar-refractivity contribution in [3.8, 4) is 0 Å². The molecule has 0 bridgehead atoms. The van der Waals surface area contributed by atoms with E-state index in [0.29, 0.717) is 5.92 Å².